The number of hydrazone groups is 1. The van der Waals surface area contributed by atoms with E-state index in [1.54, 1.807) is 0 Å². The van der Waals surface area contributed by atoms with E-state index in [0.717, 1.165) is 19.4 Å². The first kappa shape index (κ1) is 9.23. The molecule has 0 spiro atoms. The molecule has 0 atom stereocenters. The van der Waals surface area contributed by atoms with Gasteiger partial charge in [0.25, 0.3) is 0 Å². The zero-order valence-electron chi connectivity index (χ0n) is 8.12. The van der Waals surface area contributed by atoms with E-state index in [2.05, 4.69) is 23.9 Å². The molecule has 0 unspecified atom stereocenters. The van der Waals surface area contributed by atoms with Crippen molar-refractivity contribution in [2.45, 2.75) is 32.7 Å². The molecular formula is C9H17N3. The Hall–Kier alpha value is -0.860. The summed E-state index contributed by atoms with van der Waals surface area (Å²) in [6, 6.07) is 0.475. The highest BCUT2D eigenvalue weighted by molar-refractivity contribution is 5.90. The highest BCUT2D eigenvalue weighted by Crippen LogP contribution is 2.02. The first-order chi connectivity index (χ1) is 5.70. The quantitative estimate of drug-likeness (QED) is 0.573. The molecule has 0 N–H and O–H groups in total. The van der Waals surface area contributed by atoms with E-state index in [1.807, 2.05) is 18.3 Å². The molecule has 0 aliphatic carbocycles. The summed E-state index contributed by atoms with van der Waals surface area (Å²) in [6.07, 6.45) is 4.10. The van der Waals surface area contributed by atoms with Crippen LogP contribution in [-0.4, -0.2) is 36.6 Å². The molecule has 0 aromatic rings. The van der Waals surface area contributed by atoms with Crippen molar-refractivity contribution in [3.63, 3.8) is 0 Å². The lowest BCUT2D eigenvalue weighted by atomic mass is 10.2. The highest BCUT2D eigenvalue weighted by atomic mass is 15.4. The van der Waals surface area contributed by atoms with E-state index >= 15 is 0 Å². The summed E-state index contributed by atoms with van der Waals surface area (Å²) in [6.45, 7) is 5.06. The smallest absolute Gasteiger partial charge is 0.0786 e. The van der Waals surface area contributed by atoms with Crippen LogP contribution in [0.3, 0.4) is 0 Å². The van der Waals surface area contributed by atoms with Gasteiger partial charge in [-0.1, -0.05) is 0 Å². The Morgan fingerprint density at radius 1 is 1.58 bits per heavy atom. The number of hydrogen-bond donors (Lipinski definition) is 0. The molecule has 1 heterocycles. The van der Waals surface area contributed by atoms with E-state index in [1.165, 1.54) is 5.71 Å². The molecule has 3 heteroatoms. The normalized spacial score (nSPS) is 20.5. The van der Waals surface area contributed by atoms with E-state index in [-0.39, 0.29) is 0 Å². The van der Waals surface area contributed by atoms with Crippen molar-refractivity contribution in [1.82, 2.24) is 5.01 Å². The fourth-order valence-electron chi connectivity index (χ4n) is 0.992. The first-order valence-corrected chi connectivity index (χ1v) is 4.47. The Kier molecular flexibility index (Phi) is 3.26. The van der Waals surface area contributed by atoms with Crippen molar-refractivity contribution in [2.75, 3.05) is 13.6 Å². The monoisotopic (exact) mass is 167 g/mol. The van der Waals surface area contributed by atoms with Crippen LogP contribution < -0.4 is 0 Å². The van der Waals surface area contributed by atoms with Gasteiger partial charge in [0.2, 0.25) is 0 Å². The summed E-state index contributed by atoms with van der Waals surface area (Å²) in [4.78, 5) is 4.19. The molecular weight excluding hydrogens is 150 g/mol. The number of rotatable bonds is 2. The van der Waals surface area contributed by atoms with Crippen molar-refractivity contribution in [3.8, 4) is 0 Å². The van der Waals surface area contributed by atoms with E-state index in [9.17, 15) is 0 Å². The molecule has 12 heavy (non-hydrogen) atoms. The third kappa shape index (κ3) is 2.64. The van der Waals surface area contributed by atoms with E-state index < -0.39 is 0 Å². The molecule has 0 saturated heterocycles. The Morgan fingerprint density at radius 3 is 2.83 bits per heavy atom. The van der Waals surface area contributed by atoms with E-state index in [0.29, 0.717) is 6.04 Å². The molecule has 0 aromatic heterocycles. The summed E-state index contributed by atoms with van der Waals surface area (Å²) in [5.74, 6) is 0. The molecule has 68 valence electrons. The van der Waals surface area contributed by atoms with Crippen molar-refractivity contribution in [1.29, 1.82) is 0 Å². The maximum atomic E-state index is 4.47. The van der Waals surface area contributed by atoms with Gasteiger partial charge in [-0.25, -0.2) is 0 Å². The second-order valence-corrected chi connectivity index (χ2v) is 3.40. The van der Waals surface area contributed by atoms with Gasteiger partial charge in [-0.2, -0.15) is 5.10 Å². The van der Waals surface area contributed by atoms with Crippen LogP contribution in [-0.2, 0) is 0 Å². The van der Waals surface area contributed by atoms with Gasteiger partial charge in [-0.3, -0.25) is 10.0 Å². The highest BCUT2D eigenvalue weighted by Gasteiger charge is 2.05. The number of nitrogens with zero attached hydrogens (tertiary/aromatic N) is 3. The lowest BCUT2D eigenvalue weighted by Crippen LogP contribution is -2.24. The fourth-order valence-corrected chi connectivity index (χ4v) is 0.992. The summed E-state index contributed by atoms with van der Waals surface area (Å²) >= 11 is 0. The molecule has 1 aliphatic heterocycles. The van der Waals surface area contributed by atoms with Gasteiger partial charge in [0.15, 0.2) is 0 Å². The Balaban J connectivity index is 2.50. The molecule has 3 nitrogen and oxygen atoms in total. The first-order valence-electron chi connectivity index (χ1n) is 4.47. The predicted molar refractivity (Wildman–Crippen MR) is 52.9 cm³/mol. The van der Waals surface area contributed by atoms with Gasteiger partial charge >= 0.3 is 0 Å². The van der Waals surface area contributed by atoms with Crippen LogP contribution in [0.4, 0.5) is 0 Å². The van der Waals surface area contributed by atoms with Crippen LogP contribution in [0.25, 0.3) is 0 Å². The minimum atomic E-state index is 0.475. The topological polar surface area (TPSA) is 28.0 Å². The molecule has 0 amide bonds. The lowest BCUT2D eigenvalue weighted by molar-refractivity contribution is 0.287. The summed E-state index contributed by atoms with van der Waals surface area (Å²) in [5.41, 5.74) is 1.20. The standard InChI is InChI=1S/C9H17N3/c1-8(2)12(3)11-9-5-4-6-10-7-9/h6,8H,4-5,7H2,1-3H3. The van der Waals surface area contributed by atoms with Crippen LogP contribution in [0.15, 0.2) is 10.1 Å². The second kappa shape index (κ2) is 4.24. The second-order valence-electron chi connectivity index (χ2n) is 3.40. The molecule has 0 radical (unpaired) electrons. The maximum Gasteiger partial charge on any atom is 0.0786 e. The average Bonchev–Trinajstić information content (AvgIpc) is 2.06. The van der Waals surface area contributed by atoms with Crippen LogP contribution in [0.1, 0.15) is 26.7 Å². The fraction of sp³-hybridized carbons (Fsp3) is 0.778. The molecule has 0 saturated carbocycles. The predicted octanol–water partition coefficient (Wildman–Crippen LogP) is 1.55. The Bertz CT molecular complexity index is 194. The minimum absolute atomic E-state index is 0.475. The third-order valence-corrected chi connectivity index (χ3v) is 2.01. The van der Waals surface area contributed by atoms with Crippen LogP contribution in [0, 0.1) is 0 Å². The molecule has 1 rings (SSSR count). The Labute approximate surface area is 74.2 Å². The van der Waals surface area contributed by atoms with Gasteiger partial charge in [-0.15, -0.1) is 0 Å². The largest absolute Gasteiger partial charge is 0.298 e. The SMILES string of the molecule is CC(C)N(C)N=C1CCC=NC1. The molecule has 0 fully saturated rings. The third-order valence-electron chi connectivity index (χ3n) is 2.01. The lowest BCUT2D eigenvalue weighted by Gasteiger charge is -2.19. The number of aliphatic imine (C=N–C) groups is 1. The molecule has 1 aliphatic rings. The summed E-state index contributed by atoms with van der Waals surface area (Å²) in [5, 5.41) is 6.47. The van der Waals surface area contributed by atoms with Gasteiger partial charge in [0, 0.05) is 13.1 Å². The van der Waals surface area contributed by atoms with Gasteiger partial charge in [-0.05, 0) is 32.9 Å². The van der Waals surface area contributed by atoms with Crippen LogP contribution >= 0.6 is 0 Å². The van der Waals surface area contributed by atoms with Crippen molar-refractivity contribution in [3.05, 3.63) is 0 Å². The minimum Gasteiger partial charge on any atom is -0.298 e. The van der Waals surface area contributed by atoms with Crippen molar-refractivity contribution in [2.24, 2.45) is 10.1 Å². The van der Waals surface area contributed by atoms with Gasteiger partial charge < -0.3 is 0 Å². The zero-order chi connectivity index (χ0) is 8.97. The van der Waals surface area contributed by atoms with Gasteiger partial charge in [0.05, 0.1) is 12.3 Å². The van der Waals surface area contributed by atoms with Crippen molar-refractivity contribution >= 4 is 11.9 Å². The number of hydrogen-bond acceptors (Lipinski definition) is 3. The molecule has 0 bridgehead atoms. The zero-order valence-corrected chi connectivity index (χ0v) is 8.12. The van der Waals surface area contributed by atoms with Crippen LogP contribution in [0.5, 0.6) is 0 Å². The molecule has 0 aromatic carbocycles. The summed E-state index contributed by atoms with van der Waals surface area (Å²) in [7, 11) is 2.01. The van der Waals surface area contributed by atoms with Crippen molar-refractivity contribution < 1.29 is 0 Å². The Morgan fingerprint density at radius 2 is 2.33 bits per heavy atom. The van der Waals surface area contributed by atoms with Gasteiger partial charge in [0.1, 0.15) is 0 Å². The summed E-state index contributed by atoms with van der Waals surface area (Å²) < 4.78 is 0. The van der Waals surface area contributed by atoms with Crippen LogP contribution in [0.2, 0.25) is 0 Å². The maximum absolute atomic E-state index is 4.47. The average molecular weight is 167 g/mol. The van der Waals surface area contributed by atoms with E-state index in [4.69, 9.17) is 0 Å².